The molecule has 2 amide bonds. The highest BCUT2D eigenvalue weighted by atomic mass is 19.4. The molecule has 1 unspecified atom stereocenters. The molecule has 1 N–H and O–H groups in total. The minimum atomic E-state index is -4.80. The van der Waals surface area contributed by atoms with E-state index >= 15 is 0 Å². The smallest absolute Gasteiger partial charge is 0.406 e. The molecule has 0 bridgehead atoms. The van der Waals surface area contributed by atoms with E-state index in [1.165, 1.54) is 18.2 Å². The first kappa shape index (κ1) is 31.0. The molecule has 3 heterocycles. The van der Waals surface area contributed by atoms with Crippen LogP contribution in [0.1, 0.15) is 54.6 Å². The largest absolute Gasteiger partial charge is 0.573 e. The maximum absolute atomic E-state index is 13.4. The summed E-state index contributed by atoms with van der Waals surface area (Å²) in [4.78, 5) is 34.7. The Bertz CT molecular complexity index is 1590. The zero-order valence-corrected chi connectivity index (χ0v) is 25.4. The van der Waals surface area contributed by atoms with Gasteiger partial charge in [0.1, 0.15) is 5.75 Å². The summed E-state index contributed by atoms with van der Waals surface area (Å²) >= 11 is 0. The van der Waals surface area contributed by atoms with Crippen LogP contribution in [0.5, 0.6) is 5.75 Å². The minimum absolute atomic E-state index is 0.0193. The van der Waals surface area contributed by atoms with Crippen LogP contribution < -0.4 is 10.1 Å². The Morgan fingerprint density at radius 1 is 1.16 bits per heavy atom. The Hall–Kier alpha value is -3.97. The molecule has 2 atom stereocenters. The van der Waals surface area contributed by atoms with Gasteiger partial charge in [-0.1, -0.05) is 29.4 Å². The molecule has 6 rings (SSSR count). The average Bonchev–Trinajstić information content (AvgIpc) is 3.67. The van der Waals surface area contributed by atoms with E-state index in [-0.39, 0.29) is 42.5 Å². The van der Waals surface area contributed by atoms with E-state index in [1.807, 2.05) is 30.9 Å². The zero-order valence-electron chi connectivity index (χ0n) is 25.4. The highest BCUT2D eigenvalue weighted by Gasteiger charge is 2.47. The van der Waals surface area contributed by atoms with Gasteiger partial charge in [0.25, 0.3) is 0 Å². The van der Waals surface area contributed by atoms with E-state index in [4.69, 9.17) is 9.26 Å². The number of morpholine rings is 1. The molecule has 45 heavy (non-hydrogen) atoms. The highest BCUT2D eigenvalue weighted by molar-refractivity contribution is 5.83. The van der Waals surface area contributed by atoms with E-state index in [1.54, 1.807) is 13.0 Å². The fourth-order valence-electron chi connectivity index (χ4n) is 6.36. The van der Waals surface area contributed by atoms with Gasteiger partial charge in [0.15, 0.2) is 5.82 Å². The van der Waals surface area contributed by atoms with Gasteiger partial charge < -0.3 is 24.2 Å². The fraction of sp³-hybridized carbons (Fsp3) is 0.500. The first-order chi connectivity index (χ1) is 21.4. The van der Waals surface area contributed by atoms with Gasteiger partial charge in [-0.25, -0.2) is 0 Å². The molecule has 1 saturated heterocycles. The quantitative estimate of drug-likeness (QED) is 0.393. The highest BCUT2D eigenvalue weighted by Crippen LogP contribution is 2.47. The Kier molecular flexibility index (Phi) is 8.33. The third-order valence-corrected chi connectivity index (χ3v) is 8.71. The summed E-state index contributed by atoms with van der Waals surface area (Å²) in [5.41, 5.74) is 3.80. The van der Waals surface area contributed by atoms with Crippen molar-refractivity contribution in [3.63, 3.8) is 0 Å². The second kappa shape index (κ2) is 12.1. The Morgan fingerprint density at radius 3 is 2.71 bits per heavy atom. The molecule has 13 heteroatoms. The van der Waals surface area contributed by atoms with Crippen LogP contribution in [0.4, 0.5) is 13.2 Å². The molecular weight excluding hydrogens is 591 g/mol. The molecule has 1 aromatic heterocycles. The van der Waals surface area contributed by atoms with Gasteiger partial charge in [0.05, 0.1) is 37.1 Å². The van der Waals surface area contributed by atoms with E-state index in [9.17, 15) is 22.8 Å². The summed E-state index contributed by atoms with van der Waals surface area (Å²) in [7, 11) is 0. The molecule has 240 valence electrons. The molecular formula is C32H36F3N5O5. The summed E-state index contributed by atoms with van der Waals surface area (Å²) in [6, 6.07) is 9.72. The average molecular weight is 628 g/mol. The summed E-state index contributed by atoms with van der Waals surface area (Å²) in [5.74, 6) is 0.265. The van der Waals surface area contributed by atoms with Crippen molar-refractivity contribution in [3.8, 4) is 16.9 Å². The van der Waals surface area contributed by atoms with E-state index in [0.717, 1.165) is 22.3 Å². The van der Waals surface area contributed by atoms with Crippen molar-refractivity contribution in [3.05, 3.63) is 64.8 Å². The molecule has 2 aromatic carbocycles. The van der Waals surface area contributed by atoms with Gasteiger partial charge in [-0.2, -0.15) is 4.98 Å². The number of alkyl halides is 3. The van der Waals surface area contributed by atoms with Crippen molar-refractivity contribution in [2.75, 3.05) is 32.8 Å². The fourth-order valence-corrected chi connectivity index (χ4v) is 6.36. The lowest BCUT2D eigenvalue weighted by Gasteiger charge is -2.43. The van der Waals surface area contributed by atoms with Crippen LogP contribution in [-0.4, -0.2) is 76.5 Å². The normalized spacial score (nSPS) is 21.2. The summed E-state index contributed by atoms with van der Waals surface area (Å²) < 4.78 is 53.9. The predicted octanol–water partition coefficient (Wildman–Crippen LogP) is 4.36. The number of halogens is 3. The zero-order chi connectivity index (χ0) is 31.9. The number of carbonyl (C=O) groups is 2. The number of aryl methyl sites for hydroxylation is 1. The number of aromatic nitrogens is 2. The maximum atomic E-state index is 13.4. The number of fused-ring (bicyclic) bond motifs is 1. The van der Waals surface area contributed by atoms with Crippen molar-refractivity contribution >= 4 is 11.8 Å². The van der Waals surface area contributed by atoms with Gasteiger partial charge in [-0.15, -0.1) is 13.2 Å². The summed E-state index contributed by atoms with van der Waals surface area (Å²) in [5, 5.41) is 6.86. The lowest BCUT2D eigenvalue weighted by molar-refractivity contribution is -0.274. The summed E-state index contributed by atoms with van der Waals surface area (Å²) in [6.07, 6.45) is -3.59. The molecule has 2 aliphatic heterocycles. The predicted molar refractivity (Wildman–Crippen MR) is 156 cm³/mol. The van der Waals surface area contributed by atoms with Crippen molar-refractivity contribution in [2.45, 2.75) is 64.5 Å². The Balaban J connectivity index is 1.23. The van der Waals surface area contributed by atoms with Crippen LogP contribution in [0.3, 0.4) is 0 Å². The second-order valence-electron chi connectivity index (χ2n) is 12.5. The van der Waals surface area contributed by atoms with Gasteiger partial charge in [0, 0.05) is 26.2 Å². The number of hydrogen-bond donors (Lipinski definition) is 1. The number of nitrogens with zero attached hydrogens (tertiary/aromatic N) is 4. The van der Waals surface area contributed by atoms with Gasteiger partial charge in [-0.05, 0) is 73.6 Å². The number of ether oxygens (including phenoxy) is 2. The van der Waals surface area contributed by atoms with E-state index in [0.29, 0.717) is 63.0 Å². The second-order valence-corrected chi connectivity index (χ2v) is 12.5. The van der Waals surface area contributed by atoms with Crippen LogP contribution in [0, 0.1) is 12.8 Å². The summed E-state index contributed by atoms with van der Waals surface area (Å²) in [6.45, 7) is 8.75. The van der Waals surface area contributed by atoms with Crippen molar-refractivity contribution in [1.82, 2.24) is 25.3 Å². The maximum Gasteiger partial charge on any atom is 0.573 e. The Labute approximate surface area is 258 Å². The van der Waals surface area contributed by atoms with Crippen molar-refractivity contribution in [2.24, 2.45) is 5.92 Å². The lowest BCUT2D eigenvalue weighted by Crippen LogP contribution is -2.57. The molecule has 10 nitrogen and oxygen atoms in total. The van der Waals surface area contributed by atoms with E-state index < -0.39 is 11.9 Å². The number of nitrogens with one attached hydrogen (secondary N) is 1. The topological polar surface area (TPSA) is 110 Å². The van der Waals surface area contributed by atoms with Gasteiger partial charge in [-0.3, -0.25) is 14.5 Å². The van der Waals surface area contributed by atoms with E-state index in [2.05, 4.69) is 25.1 Å². The van der Waals surface area contributed by atoms with Crippen LogP contribution in [-0.2, 0) is 33.8 Å². The molecule has 2 fully saturated rings. The molecule has 3 aromatic rings. The number of carbonyl (C=O) groups excluding carboxylic acids is 2. The molecule has 3 aliphatic rings. The molecule has 0 spiro atoms. The van der Waals surface area contributed by atoms with Gasteiger partial charge >= 0.3 is 6.36 Å². The van der Waals surface area contributed by atoms with Crippen LogP contribution >= 0.6 is 0 Å². The minimum Gasteiger partial charge on any atom is -0.406 e. The molecule has 1 aliphatic carbocycles. The van der Waals surface area contributed by atoms with Gasteiger partial charge in [0.2, 0.25) is 17.7 Å². The molecule has 1 saturated carbocycles. The number of hydrogen-bond acceptors (Lipinski definition) is 8. The SMILES string of the molecule is Cc1noc([C@@H]2CC2C(=O)NCc2ccc(-c3cccc(OC(F)(F)F)c3)c3c2CN(CC(=O)N2CCOCC2(C)C)CC3)n1. The third kappa shape index (κ3) is 6.99. The van der Waals surface area contributed by atoms with Crippen LogP contribution in [0.25, 0.3) is 11.1 Å². The van der Waals surface area contributed by atoms with Crippen LogP contribution in [0.2, 0.25) is 0 Å². The monoisotopic (exact) mass is 627 g/mol. The first-order valence-corrected chi connectivity index (χ1v) is 15.1. The van der Waals surface area contributed by atoms with Crippen molar-refractivity contribution < 1.29 is 36.8 Å². The number of benzene rings is 2. The third-order valence-electron chi connectivity index (χ3n) is 8.71. The van der Waals surface area contributed by atoms with Crippen LogP contribution in [0.15, 0.2) is 40.9 Å². The first-order valence-electron chi connectivity index (χ1n) is 15.1. The molecule has 0 radical (unpaired) electrons. The number of rotatable bonds is 8. The number of amides is 2. The lowest BCUT2D eigenvalue weighted by atomic mass is 9.87. The Morgan fingerprint density at radius 2 is 1.98 bits per heavy atom. The standard InChI is InChI=1S/C32H36F3N5O5/c1-19-37-30(45-38-19)26-14-25(26)29(42)36-15-21-7-8-23(20-5-4-6-22(13-20)44-32(33,34)35)24-9-10-39(16-27(21)24)17-28(41)40-11-12-43-18-31(40,2)3/h4-8,13,25-26H,9-12,14-18H2,1-3H3,(H,36,42)/t25?,26-/m1/s1. The van der Waals surface area contributed by atoms with Crippen molar-refractivity contribution in [1.29, 1.82) is 0 Å².